The molecule has 0 saturated heterocycles. The van der Waals surface area contributed by atoms with E-state index in [0.29, 0.717) is 23.0 Å². The maximum Gasteiger partial charge on any atom is 0.226 e. The lowest BCUT2D eigenvalue weighted by Gasteiger charge is -2.14. The maximum atomic E-state index is 12.6. The first kappa shape index (κ1) is 21.5. The third-order valence-electron chi connectivity index (χ3n) is 5.53. The van der Waals surface area contributed by atoms with E-state index in [-0.39, 0.29) is 5.91 Å². The minimum atomic E-state index is -0.0378. The van der Waals surface area contributed by atoms with Crippen LogP contribution in [0.2, 0.25) is 5.02 Å². The van der Waals surface area contributed by atoms with E-state index in [4.69, 9.17) is 16.6 Å². The monoisotopic (exact) mass is 482 g/mol. The van der Waals surface area contributed by atoms with Gasteiger partial charge in [0.15, 0.2) is 0 Å². The lowest BCUT2D eigenvalue weighted by atomic mass is 9.92. The van der Waals surface area contributed by atoms with Gasteiger partial charge < -0.3 is 5.32 Å². The Morgan fingerprint density at radius 3 is 2.69 bits per heavy atom. The Morgan fingerprint density at radius 2 is 1.91 bits per heavy atom. The Labute approximate surface area is 200 Å². The number of carbonyl (C=O) groups is 1. The van der Waals surface area contributed by atoms with Crippen molar-refractivity contribution in [1.29, 1.82) is 0 Å². The molecule has 2 aromatic heterocycles. The van der Waals surface area contributed by atoms with E-state index in [1.165, 1.54) is 28.7 Å². The number of rotatable bonds is 6. The normalized spacial score (nSPS) is 13.3. The topological polar surface area (TPSA) is 59.8 Å². The lowest BCUT2D eigenvalue weighted by Crippen LogP contribution is -2.15. The first-order chi connectivity index (χ1) is 15.5. The van der Waals surface area contributed by atoms with Gasteiger partial charge in [0.1, 0.15) is 5.82 Å². The number of aromatic nitrogens is 3. The largest absolute Gasteiger partial charge is 0.310 e. The fraction of sp³-hybridized carbons (Fsp3) is 0.292. The average Bonchev–Trinajstić information content (AvgIpc) is 3.35. The van der Waals surface area contributed by atoms with Crippen LogP contribution in [0.4, 0.5) is 5.82 Å². The number of nitrogens with one attached hydrogen (secondary N) is 1. The van der Waals surface area contributed by atoms with Crippen molar-refractivity contribution in [2.75, 3.05) is 11.1 Å². The number of halogens is 1. The Balaban J connectivity index is 1.30. The Hall–Kier alpha value is -2.35. The highest BCUT2D eigenvalue weighted by Crippen LogP contribution is 2.32. The summed E-state index contributed by atoms with van der Waals surface area (Å²) < 4.78 is 2.92. The molecule has 1 N–H and O–H groups in total. The SMILES string of the molecule is Cc1cc(NC(=O)CCSc2ccc(Cl)cc2)n(-c2nc3cc4c(cc3s2)CCCC4)n1. The molecule has 0 bridgehead atoms. The first-order valence-electron chi connectivity index (χ1n) is 10.7. The molecular weight excluding hydrogens is 460 g/mol. The van der Waals surface area contributed by atoms with Gasteiger partial charge in [0.25, 0.3) is 0 Å². The summed E-state index contributed by atoms with van der Waals surface area (Å²) in [5.41, 5.74) is 4.72. The highest BCUT2D eigenvalue weighted by Gasteiger charge is 2.17. The molecule has 2 aromatic carbocycles. The Morgan fingerprint density at radius 1 is 1.16 bits per heavy atom. The number of nitrogens with zero attached hydrogens (tertiary/aromatic N) is 3. The molecule has 0 aliphatic heterocycles. The second-order valence-electron chi connectivity index (χ2n) is 7.98. The smallest absolute Gasteiger partial charge is 0.226 e. The second-order valence-corrected chi connectivity index (χ2v) is 10.6. The fourth-order valence-electron chi connectivity index (χ4n) is 3.97. The van der Waals surface area contributed by atoms with E-state index >= 15 is 0 Å². The van der Waals surface area contributed by atoms with Gasteiger partial charge in [-0.05, 0) is 80.1 Å². The van der Waals surface area contributed by atoms with Crippen LogP contribution in [-0.4, -0.2) is 26.4 Å². The average molecular weight is 483 g/mol. The predicted molar refractivity (Wildman–Crippen MR) is 134 cm³/mol. The molecule has 5 rings (SSSR count). The van der Waals surface area contributed by atoms with Crippen LogP contribution in [-0.2, 0) is 17.6 Å². The Kier molecular flexibility index (Phi) is 6.22. The molecule has 0 fully saturated rings. The van der Waals surface area contributed by atoms with Crippen LogP contribution >= 0.6 is 34.7 Å². The quantitative estimate of drug-likeness (QED) is 0.321. The maximum absolute atomic E-state index is 12.6. The standard InChI is InChI=1S/C24H23ClN4OS2/c1-15-12-22(27-23(30)10-11-31-19-8-6-18(25)7-9-19)29(28-15)24-26-20-13-16-4-2-3-5-17(16)14-21(20)32-24/h6-9,12-14H,2-5,10-11H2,1H3,(H,27,30). The van der Waals surface area contributed by atoms with Crippen molar-refractivity contribution in [2.24, 2.45) is 0 Å². The molecule has 5 nitrogen and oxygen atoms in total. The van der Waals surface area contributed by atoms with E-state index in [1.807, 2.05) is 37.3 Å². The van der Waals surface area contributed by atoms with E-state index in [2.05, 4.69) is 22.5 Å². The molecule has 1 aliphatic rings. The fourth-order valence-corrected chi connectivity index (χ4v) is 5.92. The molecule has 8 heteroatoms. The van der Waals surface area contributed by atoms with Gasteiger partial charge in [0.05, 0.1) is 15.9 Å². The number of anilines is 1. The summed E-state index contributed by atoms with van der Waals surface area (Å²) in [4.78, 5) is 18.5. The molecule has 32 heavy (non-hydrogen) atoms. The molecule has 2 heterocycles. The summed E-state index contributed by atoms with van der Waals surface area (Å²) >= 11 is 9.18. The highest BCUT2D eigenvalue weighted by atomic mass is 35.5. The second kappa shape index (κ2) is 9.25. The number of hydrogen-bond acceptors (Lipinski definition) is 5. The van der Waals surface area contributed by atoms with E-state index in [1.54, 1.807) is 27.8 Å². The zero-order valence-electron chi connectivity index (χ0n) is 17.7. The van der Waals surface area contributed by atoms with Crippen LogP contribution in [0.3, 0.4) is 0 Å². The van der Waals surface area contributed by atoms with Gasteiger partial charge in [-0.2, -0.15) is 9.78 Å². The zero-order valence-corrected chi connectivity index (χ0v) is 20.1. The van der Waals surface area contributed by atoms with Gasteiger partial charge in [0.2, 0.25) is 11.0 Å². The molecule has 164 valence electrons. The number of carbonyl (C=O) groups excluding carboxylic acids is 1. The van der Waals surface area contributed by atoms with Gasteiger partial charge >= 0.3 is 0 Å². The van der Waals surface area contributed by atoms with Crippen LogP contribution in [0, 0.1) is 6.92 Å². The number of aryl methyl sites for hydroxylation is 3. The number of thiazole rings is 1. The Bertz CT molecular complexity index is 1240. The first-order valence-corrected chi connectivity index (χ1v) is 12.9. The highest BCUT2D eigenvalue weighted by molar-refractivity contribution is 7.99. The summed E-state index contributed by atoms with van der Waals surface area (Å²) in [6, 6.07) is 14.1. The molecular formula is C24H23ClN4OS2. The zero-order chi connectivity index (χ0) is 22.1. The van der Waals surface area contributed by atoms with Crippen molar-refractivity contribution in [2.45, 2.75) is 43.9 Å². The van der Waals surface area contributed by atoms with Crippen molar-refractivity contribution in [3.05, 3.63) is 64.3 Å². The van der Waals surface area contributed by atoms with Crippen LogP contribution in [0.5, 0.6) is 0 Å². The minimum Gasteiger partial charge on any atom is -0.310 e. The van der Waals surface area contributed by atoms with Gasteiger partial charge in [0, 0.05) is 28.2 Å². The van der Waals surface area contributed by atoms with E-state index in [9.17, 15) is 4.79 Å². The van der Waals surface area contributed by atoms with Crippen LogP contribution in [0.1, 0.15) is 36.1 Å². The number of benzene rings is 2. The van der Waals surface area contributed by atoms with Crippen LogP contribution in [0.25, 0.3) is 15.3 Å². The van der Waals surface area contributed by atoms with Crippen molar-refractivity contribution >= 4 is 56.6 Å². The summed E-state index contributed by atoms with van der Waals surface area (Å²) in [6.45, 7) is 1.93. The number of hydrogen-bond donors (Lipinski definition) is 1. The molecule has 4 aromatic rings. The molecule has 1 amide bonds. The van der Waals surface area contributed by atoms with Gasteiger partial charge in [-0.25, -0.2) is 4.98 Å². The van der Waals surface area contributed by atoms with Gasteiger partial charge in [-0.3, -0.25) is 4.79 Å². The molecule has 0 saturated carbocycles. The predicted octanol–water partition coefficient (Wildman–Crippen LogP) is 6.44. The summed E-state index contributed by atoms with van der Waals surface area (Å²) in [7, 11) is 0. The molecule has 0 spiro atoms. The molecule has 1 aliphatic carbocycles. The van der Waals surface area contributed by atoms with Crippen molar-refractivity contribution < 1.29 is 4.79 Å². The van der Waals surface area contributed by atoms with E-state index < -0.39 is 0 Å². The van der Waals surface area contributed by atoms with Crippen molar-refractivity contribution in [3.63, 3.8) is 0 Å². The van der Waals surface area contributed by atoms with Crippen molar-refractivity contribution in [1.82, 2.24) is 14.8 Å². The van der Waals surface area contributed by atoms with Crippen LogP contribution < -0.4 is 5.32 Å². The van der Waals surface area contributed by atoms with Crippen molar-refractivity contribution in [3.8, 4) is 5.13 Å². The number of amides is 1. The van der Waals surface area contributed by atoms with Gasteiger partial charge in [-0.1, -0.05) is 22.9 Å². The number of thioether (sulfide) groups is 1. The minimum absolute atomic E-state index is 0.0378. The number of fused-ring (bicyclic) bond motifs is 2. The lowest BCUT2D eigenvalue weighted by molar-refractivity contribution is -0.115. The third-order valence-corrected chi connectivity index (χ3v) is 7.79. The third kappa shape index (κ3) is 4.70. The molecule has 0 atom stereocenters. The van der Waals surface area contributed by atoms with Gasteiger partial charge in [-0.15, -0.1) is 11.8 Å². The summed E-state index contributed by atoms with van der Waals surface area (Å²) in [5.74, 6) is 1.31. The van der Waals surface area contributed by atoms with Crippen LogP contribution in [0.15, 0.2) is 47.4 Å². The molecule has 0 radical (unpaired) electrons. The van der Waals surface area contributed by atoms with E-state index in [0.717, 1.165) is 34.1 Å². The molecule has 0 unspecified atom stereocenters. The summed E-state index contributed by atoms with van der Waals surface area (Å²) in [5, 5.41) is 9.11. The summed E-state index contributed by atoms with van der Waals surface area (Å²) in [6.07, 6.45) is 5.20.